The predicted octanol–water partition coefficient (Wildman–Crippen LogP) is 7.82. The molecule has 0 unspecified atom stereocenters. The van der Waals surface area contributed by atoms with Crippen molar-refractivity contribution in [3.8, 4) is 11.1 Å². The minimum atomic E-state index is 1.08. The van der Waals surface area contributed by atoms with Crippen molar-refractivity contribution in [2.75, 3.05) is 0 Å². The van der Waals surface area contributed by atoms with Gasteiger partial charge in [-0.2, -0.15) is 0 Å². The first-order valence-electron chi connectivity index (χ1n) is 10.6. The molecule has 0 N–H and O–H groups in total. The largest absolute Gasteiger partial charge is 0.0795 e. The molecule has 2 aliphatic carbocycles. The summed E-state index contributed by atoms with van der Waals surface area (Å²) in [6.45, 7) is 0. The van der Waals surface area contributed by atoms with Gasteiger partial charge in [0.2, 0.25) is 0 Å². The molecule has 0 fully saturated rings. The van der Waals surface area contributed by atoms with Crippen molar-refractivity contribution in [1.29, 1.82) is 0 Å². The van der Waals surface area contributed by atoms with Crippen LogP contribution < -0.4 is 0 Å². The first-order chi connectivity index (χ1) is 14.9. The highest BCUT2D eigenvalue weighted by Gasteiger charge is 2.19. The monoisotopic (exact) mass is 382 g/mol. The molecule has 0 heteroatoms. The van der Waals surface area contributed by atoms with Gasteiger partial charge in [-0.15, -0.1) is 0 Å². The minimum absolute atomic E-state index is 1.08. The molecule has 0 aliphatic heterocycles. The smallest absolute Gasteiger partial charge is 0.000729 e. The molecule has 0 radical (unpaired) electrons. The molecule has 0 saturated heterocycles. The summed E-state index contributed by atoms with van der Waals surface area (Å²) in [4.78, 5) is 0. The number of rotatable bonds is 0. The van der Waals surface area contributed by atoms with Crippen LogP contribution in [0.4, 0.5) is 0 Å². The molecule has 30 heavy (non-hydrogen) atoms. The molecule has 142 valence electrons. The Balaban J connectivity index is 0.000000121. The molecule has 5 aromatic carbocycles. The fourth-order valence-electron chi connectivity index (χ4n) is 4.98. The summed E-state index contributed by atoms with van der Waals surface area (Å²) < 4.78 is 0. The Morgan fingerprint density at radius 2 is 1.30 bits per heavy atom. The molecule has 0 atom stereocenters. The van der Waals surface area contributed by atoms with Crippen LogP contribution in [-0.2, 0) is 12.8 Å². The van der Waals surface area contributed by atoms with Gasteiger partial charge in [0.05, 0.1) is 0 Å². The van der Waals surface area contributed by atoms with Gasteiger partial charge in [-0.05, 0) is 67.8 Å². The van der Waals surface area contributed by atoms with Crippen LogP contribution in [0.15, 0.2) is 103 Å². The number of hydrogen-bond donors (Lipinski definition) is 0. The Morgan fingerprint density at radius 3 is 2.27 bits per heavy atom. The summed E-state index contributed by atoms with van der Waals surface area (Å²) in [6.07, 6.45) is 6.60. The van der Waals surface area contributed by atoms with Crippen LogP contribution in [-0.4, -0.2) is 0 Å². The quantitative estimate of drug-likeness (QED) is 0.251. The molecule has 0 heterocycles. The van der Waals surface area contributed by atoms with Crippen LogP contribution in [0, 0.1) is 0 Å². The summed E-state index contributed by atoms with van der Waals surface area (Å²) >= 11 is 0. The van der Waals surface area contributed by atoms with E-state index >= 15 is 0 Å². The second-order valence-electron chi connectivity index (χ2n) is 8.12. The third kappa shape index (κ3) is 2.76. The van der Waals surface area contributed by atoms with E-state index < -0.39 is 0 Å². The molecule has 0 nitrogen and oxygen atoms in total. The summed E-state index contributed by atoms with van der Waals surface area (Å²) in [7, 11) is 0. The lowest BCUT2D eigenvalue weighted by Gasteiger charge is -2.11. The standard InChI is InChI=1S/C17H12.C13H10/c1-3-7-14-12(5-1)9-10-16-15-8-4-2-6-13(15)11-17(14)16;1-4-10-6-2-8-12-9-3-7-11(5-1)13(10)12/h1-10H,11H2;1-8H,9H2. The second kappa shape index (κ2) is 7.00. The van der Waals surface area contributed by atoms with Gasteiger partial charge in [-0.1, -0.05) is 109 Å². The zero-order valence-corrected chi connectivity index (χ0v) is 16.8. The Kier molecular flexibility index (Phi) is 4.02. The van der Waals surface area contributed by atoms with Crippen LogP contribution in [0.2, 0.25) is 0 Å². The highest BCUT2D eigenvalue weighted by molar-refractivity contribution is 5.95. The minimum Gasteiger partial charge on any atom is -0.0795 e. The van der Waals surface area contributed by atoms with E-state index in [-0.39, 0.29) is 0 Å². The van der Waals surface area contributed by atoms with Crippen molar-refractivity contribution in [2.45, 2.75) is 12.8 Å². The highest BCUT2D eigenvalue weighted by Crippen LogP contribution is 2.40. The lowest BCUT2D eigenvalue weighted by atomic mass is 9.93. The van der Waals surface area contributed by atoms with Crippen LogP contribution in [0.5, 0.6) is 0 Å². The first kappa shape index (κ1) is 17.2. The van der Waals surface area contributed by atoms with E-state index in [0.717, 1.165) is 12.8 Å². The van der Waals surface area contributed by atoms with Crippen molar-refractivity contribution < 1.29 is 0 Å². The summed E-state index contributed by atoms with van der Waals surface area (Å²) in [5.41, 5.74) is 8.59. The number of hydrogen-bond acceptors (Lipinski definition) is 0. The Hall–Kier alpha value is -3.64. The number of benzene rings is 5. The van der Waals surface area contributed by atoms with Crippen molar-refractivity contribution in [1.82, 2.24) is 0 Å². The number of allylic oxidation sites excluding steroid dienone is 1. The summed E-state index contributed by atoms with van der Waals surface area (Å²) in [5, 5.41) is 5.55. The zero-order chi connectivity index (χ0) is 19.9. The average molecular weight is 383 g/mol. The SMILES string of the molecule is C1=Cc2cccc3cccc(c23)C1.c1ccc2c(c1)Cc1c-2ccc2ccccc12. The van der Waals surface area contributed by atoms with Gasteiger partial charge < -0.3 is 0 Å². The average Bonchev–Trinajstić information content (AvgIpc) is 3.20. The van der Waals surface area contributed by atoms with Gasteiger partial charge in [-0.3, -0.25) is 0 Å². The van der Waals surface area contributed by atoms with E-state index in [1.165, 1.54) is 54.9 Å². The summed E-state index contributed by atoms with van der Waals surface area (Å²) in [6, 6.07) is 34.9. The van der Waals surface area contributed by atoms with Crippen LogP contribution >= 0.6 is 0 Å². The maximum Gasteiger partial charge on any atom is -0.000729 e. The topological polar surface area (TPSA) is 0 Å². The fourth-order valence-corrected chi connectivity index (χ4v) is 4.98. The van der Waals surface area contributed by atoms with E-state index in [0.29, 0.717) is 0 Å². The Bertz CT molecular complexity index is 1430. The van der Waals surface area contributed by atoms with E-state index in [9.17, 15) is 0 Å². The zero-order valence-electron chi connectivity index (χ0n) is 16.8. The maximum absolute atomic E-state index is 2.27. The molecule has 5 aromatic rings. The van der Waals surface area contributed by atoms with Crippen molar-refractivity contribution >= 4 is 27.6 Å². The molecule has 0 amide bonds. The maximum atomic E-state index is 2.27. The molecular formula is C30H22. The lowest BCUT2D eigenvalue weighted by Crippen LogP contribution is -1.91. The molecule has 2 aliphatic rings. The predicted molar refractivity (Wildman–Crippen MR) is 129 cm³/mol. The van der Waals surface area contributed by atoms with Crippen molar-refractivity contribution in [3.63, 3.8) is 0 Å². The van der Waals surface area contributed by atoms with E-state index in [4.69, 9.17) is 0 Å². The fraction of sp³-hybridized carbons (Fsp3) is 0.0667. The molecule has 7 rings (SSSR count). The third-order valence-electron chi connectivity index (χ3n) is 6.37. The van der Waals surface area contributed by atoms with Crippen LogP contribution in [0.25, 0.3) is 38.7 Å². The normalized spacial score (nSPS) is 12.9. The Morgan fingerprint density at radius 1 is 0.533 bits per heavy atom. The van der Waals surface area contributed by atoms with E-state index in [1.807, 2.05) is 0 Å². The Labute approximate surface area is 177 Å². The number of fused-ring (bicyclic) bond motifs is 5. The van der Waals surface area contributed by atoms with Gasteiger partial charge in [0, 0.05) is 0 Å². The van der Waals surface area contributed by atoms with Gasteiger partial charge in [-0.25, -0.2) is 0 Å². The first-order valence-corrected chi connectivity index (χ1v) is 10.6. The third-order valence-corrected chi connectivity index (χ3v) is 6.37. The van der Waals surface area contributed by atoms with Crippen LogP contribution in [0.1, 0.15) is 22.3 Å². The van der Waals surface area contributed by atoms with E-state index in [1.54, 1.807) is 0 Å². The van der Waals surface area contributed by atoms with Gasteiger partial charge in [0.15, 0.2) is 0 Å². The highest BCUT2D eigenvalue weighted by atomic mass is 14.2. The van der Waals surface area contributed by atoms with Crippen molar-refractivity contribution in [3.05, 3.63) is 125 Å². The second-order valence-corrected chi connectivity index (χ2v) is 8.12. The van der Waals surface area contributed by atoms with E-state index in [2.05, 4.69) is 109 Å². The molecular weight excluding hydrogens is 360 g/mol. The molecule has 0 spiro atoms. The molecule has 0 bridgehead atoms. The lowest BCUT2D eigenvalue weighted by molar-refractivity contribution is 1.28. The van der Waals surface area contributed by atoms with Gasteiger partial charge in [0.1, 0.15) is 0 Å². The molecule has 0 aromatic heterocycles. The van der Waals surface area contributed by atoms with Crippen LogP contribution in [0.3, 0.4) is 0 Å². The molecule has 0 saturated carbocycles. The van der Waals surface area contributed by atoms with Gasteiger partial charge >= 0.3 is 0 Å². The summed E-state index contributed by atoms with van der Waals surface area (Å²) in [5.74, 6) is 0. The van der Waals surface area contributed by atoms with Crippen molar-refractivity contribution in [2.24, 2.45) is 0 Å². The van der Waals surface area contributed by atoms with Gasteiger partial charge in [0.25, 0.3) is 0 Å².